The molecule has 0 radical (unpaired) electrons. The lowest BCUT2D eigenvalue weighted by atomic mass is 10.1. The maximum absolute atomic E-state index is 10.8. The molecule has 68 valence electrons. The highest BCUT2D eigenvalue weighted by atomic mass is 16.4. The number of nitrogens with two attached hydrogens (primary N) is 1. The van der Waals surface area contributed by atoms with Gasteiger partial charge >= 0.3 is 5.76 Å². The quantitative estimate of drug-likeness (QED) is 0.687. The number of benzene rings is 1. The molecule has 0 saturated heterocycles. The van der Waals surface area contributed by atoms with Crippen LogP contribution in [0.4, 0.5) is 0 Å². The van der Waals surface area contributed by atoms with Gasteiger partial charge in [0.2, 0.25) is 0 Å². The van der Waals surface area contributed by atoms with Crippen LogP contribution in [0.5, 0.6) is 0 Å². The van der Waals surface area contributed by atoms with Crippen LogP contribution in [0.25, 0.3) is 11.1 Å². The van der Waals surface area contributed by atoms with Crippen molar-refractivity contribution in [1.29, 1.82) is 0 Å². The number of nitrogens with one attached hydrogen (secondary N) is 1. The fourth-order valence-electron chi connectivity index (χ4n) is 1.25. The van der Waals surface area contributed by atoms with E-state index in [2.05, 4.69) is 4.98 Å². The van der Waals surface area contributed by atoms with Gasteiger partial charge in [-0.3, -0.25) is 4.98 Å². The third-order valence-electron chi connectivity index (χ3n) is 1.97. The fraction of sp³-hybridized carbons (Fsp3) is 0.222. The summed E-state index contributed by atoms with van der Waals surface area (Å²) in [6.45, 7) is 1.88. The first kappa shape index (κ1) is 8.07. The summed E-state index contributed by atoms with van der Waals surface area (Å²) >= 11 is 0. The Morgan fingerprint density at radius 3 is 3.00 bits per heavy atom. The molecular formula is C9H10N2O2. The minimum absolute atomic E-state index is 0.0513. The number of hydrogen-bond acceptors (Lipinski definition) is 3. The second-order valence-electron chi connectivity index (χ2n) is 3.06. The molecule has 0 fully saturated rings. The summed E-state index contributed by atoms with van der Waals surface area (Å²) in [4.78, 5) is 13.4. The molecular weight excluding hydrogens is 168 g/mol. The number of H-pyrrole nitrogens is 1. The number of fused-ring (bicyclic) bond motifs is 1. The molecule has 0 aliphatic heterocycles. The van der Waals surface area contributed by atoms with Gasteiger partial charge in [0.05, 0.1) is 5.52 Å². The van der Waals surface area contributed by atoms with Crippen LogP contribution in [0.3, 0.4) is 0 Å². The molecule has 1 aromatic heterocycles. The van der Waals surface area contributed by atoms with Crippen LogP contribution in [-0.2, 0) is 0 Å². The van der Waals surface area contributed by atoms with Gasteiger partial charge in [0.25, 0.3) is 0 Å². The van der Waals surface area contributed by atoms with Crippen molar-refractivity contribution in [3.8, 4) is 0 Å². The van der Waals surface area contributed by atoms with Crippen LogP contribution >= 0.6 is 0 Å². The maximum atomic E-state index is 10.8. The number of aromatic nitrogens is 1. The van der Waals surface area contributed by atoms with Crippen molar-refractivity contribution in [1.82, 2.24) is 4.98 Å². The van der Waals surface area contributed by atoms with Crippen molar-refractivity contribution in [3.05, 3.63) is 34.3 Å². The molecule has 0 aliphatic carbocycles. The maximum Gasteiger partial charge on any atom is 0.417 e. The summed E-state index contributed by atoms with van der Waals surface area (Å²) < 4.78 is 4.89. The van der Waals surface area contributed by atoms with Crippen LogP contribution in [0.1, 0.15) is 18.5 Å². The topological polar surface area (TPSA) is 72.0 Å². The molecule has 4 heteroatoms. The van der Waals surface area contributed by atoms with E-state index in [9.17, 15) is 4.79 Å². The fourth-order valence-corrected chi connectivity index (χ4v) is 1.25. The molecule has 1 atom stereocenters. The second kappa shape index (κ2) is 2.74. The molecule has 1 heterocycles. The minimum atomic E-state index is -0.433. The smallest absolute Gasteiger partial charge is 0.408 e. The summed E-state index contributed by atoms with van der Waals surface area (Å²) in [6, 6.07) is 5.39. The first-order chi connectivity index (χ1) is 6.16. The van der Waals surface area contributed by atoms with Gasteiger partial charge in [-0.05, 0) is 24.6 Å². The normalized spacial score (nSPS) is 13.4. The standard InChI is InChI=1S/C9H10N2O2/c1-5(10)6-2-3-7-8(4-6)13-9(12)11-7/h2-5H,10H2,1H3,(H,11,12). The Balaban J connectivity index is 2.68. The van der Waals surface area contributed by atoms with Crippen molar-refractivity contribution >= 4 is 11.1 Å². The van der Waals surface area contributed by atoms with Crippen LogP contribution in [0, 0.1) is 0 Å². The van der Waals surface area contributed by atoms with Crippen molar-refractivity contribution in [3.63, 3.8) is 0 Å². The number of rotatable bonds is 1. The summed E-state index contributed by atoms with van der Waals surface area (Å²) in [5.74, 6) is -0.433. The van der Waals surface area contributed by atoms with E-state index >= 15 is 0 Å². The average molecular weight is 178 g/mol. The molecule has 4 nitrogen and oxygen atoms in total. The molecule has 0 bridgehead atoms. The largest absolute Gasteiger partial charge is 0.417 e. The predicted molar refractivity (Wildman–Crippen MR) is 49.4 cm³/mol. The van der Waals surface area contributed by atoms with Crippen molar-refractivity contribution in [2.24, 2.45) is 5.73 Å². The van der Waals surface area contributed by atoms with E-state index in [1.807, 2.05) is 13.0 Å². The summed E-state index contributed by atoms with van der Waals surface area (Å²) in [6.07, 6.45) is 0. The lowest BCUT2D eigenvalue weighted by molar-refractivity contribution is 0.554. The van der Waals surface area contributed by atoms with E-state index in [1.54, 1.807) is 12.1 Å². The van der Waals surface area contributed by atoms with Crippen molar-refractivity contribution in [2.45, 2.75) is 13.0 Å². The van der Waals surface area contributed by atoms with E-state index in [0.29, 0.717) is 11.1 Å². The molecule has 0 saturated carbocycles. The summed E-state index contributed by atoms with van der Waals surface area (Å²) in [7, 11) is 0. The summed E-state index contributed by atoms with van der Waals surface area (Å²) in [5, 5.41) is 0. The van der Waals surface area contributed by atoms with E-state index in [-0.39, 0.29) is 6.04 Å². The highest BCUT2D eigenvalue weighted by Crippen LogP contribution is 2.16. The van der Waals surface area contributed by atoms with Gasteiger partial charge < -0.3 is 10.2 Å². The Morgan fingerprint density at radius 2 is 2.31 bits per heavy atom. The lowest BCUT2D eigenvalue weighted by Crippen LogP contribution is -2.04. The zero-order valence-electron chi connectivity index (χ0n) is 7.20. The lowest BCUT2D eigenvalue weighted by Gasteiger charge is -2.03. The molecule has 0 amide bonds. The minimum Gasteiger partial charge on any atom is -0.408 e. The second-order valence-corrected chi connectivity index (χ2v) is 3.06. The Hall–Kier alpha value is -1.55. The number of oxazole rings is 1. The molecule has 2 aromatic rings. The van der Waals surface area contributed by atoms with E-state index in [0.717, 1.165) is 5.56 Å². The third kappa shape index (κ3) is 1.36. The van der Waals surface area contributed by atoms with Gasteiger partial charge in [0, 0.05) is 6.04 Å². The number of aromatic amines is 1. The van der Waals surface area contributed by atoms with Crippen molar-refractivity contribution in [2.75, 3.05) is 0 Å². The highest BCUT2D eigenvalue weighted by molar-refractivity contribution is 5.72. The van der Waals surface area contributed by atoms with Crippen LogP contribution in [-0.4, -0.2) is 4.98 Å². The van der Waals surface area contributed by atoms with Gasteiger partial charge in [0.1, 0.15) is 0 Å². The van der Waals surface area contributed by atoms with Gasteiger partial charge in [-0.1, -0.05) is 6.07 Å². The average Bonchev–Trinajstić information content (AvgIpc) is 2.42. The summed E-state index contributed by atoms with van der Waals surface area (Å²) in [5.41, 5.74) is 7.89. The first-order valence-corrected chi connectivity index (χ1v) is 4.05. The zero-order valence-corrected chi connectivity index (χ0v) is 7.20. The Bertz CT molecular complexity index is 482. The van der Waals surface area contributed by atoms with Crippen LogP contribution < -0.4 is 11.5 Å². The number of hydrogen-bond donors (Lipinski definition) is 2. The molecule has 13 heavy (non-hydrogen) atoms. The SMILES string of the molecule is CC(N)c1ccc2[nH]c(=O)oc2c1. The highest BCUT2D eigenvalue weighted by Gasteiger charge is 2.04. The van der Waals surface area contributed by atoms with Gasteiger partial charge in [-0.15, -0.1) is 0 Å². The molecule has 1 unspecified atom stereocenters. The Kier molecular flexibility index (Phi) is 1.70. The Labute approximate surface area is 74.4 Å². The first-order valence-electron chi connectivity index (χ1n) is 4.05. The zero-order chi connectivity index (χ0) is 9.42. The van der Waals surface area contributed by atoms with E-state index in [4.69, 9.17) is 10.2 Å². The monoisotopic (exact) mass is 178 g/mol. The van der Waals surface area contributed by atoms with Gasteiger partial charge in [0.15, 0.2) is 5.58 Å². The molecule has 1 aromatic carbocycles. The Morgan fingerprint density at radius 1 is 1.54 bits per heavy atom. The molecule has 2 rings (SSSR count). The molecule has 3 N–H and O–H groups in total. The van der Waals surface area contributed by atoms with E-state index < -0.39 is 5.76 Å². The third-order valence-corrected chi connectivity index (χ3v) is 1.97. The molecule has 0 aliphatic rings. The van der Waals surface area contributed by atoms with Crippen LogP contribution in [0.15, 0.2) is 27.4 Å². The molecule has 0 spiro atoms. The van der Waals surface area contributed by atoms with Crippen LogP contribution in [0.2, 0.25) is 0 Å². The van der Waals surface area contributed by atoms with Gasteiger partial charge in [-0.25, -0.2) is 4.79 Å². The predicted octanol–water partition coefficient (Wildman–Crippen LogP) is 1.14. The van der Waals surface area contributed by atoms with E-state index in [1.165, 1.54) is 0 Å². The van der Waals surface area contributed by atoms with Crippen molar-refractivity contribution < 1.29 is 4.42 Å². The van der Waals surface area contributed by atoms with Gasteiger partial charge in [-0.2, -0.15) is 0 Å².